The Labute approximate surface area is 169 Å². The van der Waals surface area contributed by atoms with Crippen molar-refractivity contribution >= 4 is 23.2 Å². The van der Waals surface area contributed by atoms with Gasteiger partial charge in [0.05, 0.1) is 10.9 Å². The van der Waals surface area contributed by atoms with E-state index in [-0.39, 0.29) is 17.9 Å². The van der Waals surface area contributed by atoms with E-state index < -0.39 is 6.04 Å². The molecular weight excluding hydrogens is 368 g/mol. The summed E-state index contributed by atoms with van der Waals surface area (Å²) in [5, 5.41) is 7.80. The van der Waals surface area contributed by atoms with Gasteiger partial charge in [0.2, 0.25) is 5.91 Å². The molecule has 28 heavy (non-hydrogen) atoms. The highest BCUT2D eigenvalue weighted by Crippen LogP contribution is 2.17. The Morgan fingerprint density at radius 2 is 1.64 bits per heavy atom. The number of benzene rings is 2. The van der Waals surface area contributed by atoms with Crippen LogP contribution in [0, 0.1) is 6.92 Å². The van der Waals surface area contributed by atoms with E-state index in [0.29, 0.717) is 11.3 Å². The second kappa shape index (κ2) is 9.33. The first-order valence-corrected chi connectivity index (χ1v) is 10.2. The smallest absolute Gasteiger partial charge is 0.262 e. The summed E-state index contributed by atoms with van der Waals surface area (Å²) in [6, 6.07) is 20.5. The van der Waals surface area contributed by atoms with Crippen LogP contribution in [-0.2, 0) is 11.2 Å². The summed E-state index contributed by atoms with van der Waals surface area (Å²) >= 11 is 1.36. The van der Waals surface area contributed by atoms with Gasteiger partial charge in [0, 0.05) is 6.42 Å². The molecule has 4 nitrogen and oxygen atoms in total. The Balaban J connectivity index is 1.75. The van der Waals surface area contributed by atoms with Gasteiger partial charge in [0.1, 0.15) is 6.04 Å². The summed E-state index contributed by atoms with van der Waals surface area (Å²) in [6.45, 7) is 3.99. The third kappa shape index (κ3) is 5.08. The van der Waals surface area contributed by atoms with Crippen molar-refractivity contribution < 1.29 is 9.59 Å². The summed E-state index contributed by atoms with van der Waals surface area (Å²) in [6.07, 6.45) is 0.435. The first-order valence-electron chi connectivity index (χ1n) is 9.29. The molecule has 0 saturated heterocycles. The average Bonchev–Trinajstić information content (AvgIpc) is 3.23. The summed E-state index contributed by atoms with van der Waals surface area (Å²) in [7, 11) is 0. The molecule has 1 heterocycles. The van der Waals surface area contributed by atoms with E-state index in [1.807, 2.05) is 79.9 Å². The molecule has 3 aromatic rings. The molecule has 0 saturated carbocycles. The van der Waals surface area contributed by atoms with Crippen molar-refractivity contribution in [3.8, 4) is 0 Å². The number of hydrogen-bond donors (Lipinski definition) is 2. The average molecular weight is 393 g/mol. The van der Waals surface area contributed by atoms with Crippen LogP contribution in [0.4, 0.5) is 0 Å². The molecule has 0 radical (unpaired) electrons. The van der Waals surface area contributed by atoms with Crippen LogP contribution in [0.5, 0.6) is 0 Å². The molecule has 0 aliphatic rings. The second-order valence-corrected chi connectivity index (χ2v) is 7.73. The standard InChI is InChI=1S/C23H24N2O2S/c1-16-9-6-7-12-19(16)17(2)24-22(26)20(15-18-10-4-3-5-11-18)25-23(27)21-13-8-14-28-21/h3-14,17,20H,15H2,1-2H3,(H,24,26)(H,25,27). The van der Waals surface area contributed by atoms with E-state index in [1.54, 1.807) is 6.07 Å². The highest BCUT2D eigenvalue weighted by atomic mass is 32.1. The third-order valence-electron chi connectivity index (χ3n) is 4.66. The lowest BCUT2D eigenvalue weighted by Gasteiger charge is -2.22. The van der Waals surface area contributed by atoms with Crippen LogP contribution in [0.3, 0.4) is 0 Å². The number of carbonyl (C=O) groups excluding carboxylic acids is 2. The number of hydrogen-bond acceptors (Lipinski definition) is 3. The molecule has 2 unspecified atom stereocenters. The van der Waals surface area contributed by atoms with Crippen molar-refractivity contribution in [1.29, 1.82) is 0 Å². The number of nitrogens with one attached hydrogen (secondary N) is 2. The molecule has 3 rings (SSSR count). The zero-order valence-electron chi connectivity index (χ0n) is 16.0. The molecule has 0 aliphatic heterocycles. The topological polar surface area (TPSA) is 58.2 Å². The van der Waals surface area contributed by atoms with Crippen molar-refractivity contribution in [2.45, 2.75) is 32.4 Å². The number of carbonyl (C=O) groups is 2. The van der Waals surface area contributed by atoms with Gasteiger partial charge in [0.15, 0.2) is 0 Å². The zero-order chi connectivity index (χ0) is 19.9. The molecule has 0 bridgehead atoms. The molecule has 2 aromatic carbocycles. The zero-order valence-corrected chi connectivity index (χ0v) is 16.8. The van der Waals surface area contributed by atoms with Crippen LogP contribution in [0.2, 0.25) is 0 Å². The molecule has 0 spiro atoms. The molecule has 2 N–H and O–H groups in total. The van der Waals surface area contributed by atoms with Crippen molar-refractivity contribution in [2.75, 3.05) is 0 Å². The quantitative estimate of drug-likeness (QED) is 0.631. The summed E-state index contributed by atoms with van der Waals surface area (Å²) in [5.74, 6) is -0.417. The molecule has 2 amide bonds. The van der Waals surface area contributed by atoms with Crippen LogP contribution in [-0.4, -0.2) is 17.9 Å². The van der Waals surface area contributed by atoms with Crippen LogP contribution >= 0.6 is 11.3 Å². The molecule has 0 aliphatic carbocycles. The van der Waals surface area contributed by atoms with Crippen molar-refractivity contribution in [1.82, 2.24) is 10.6 Å². The SMILES string of the molecule is Cc1ccccc1C(C)NC(=O)C(Cc1ccccc1)NC(=O)c1cccs1. The number of amides is 2. The molecular formula is C23H24N2O2S. The summed E-state index contributed by atoms with van der Waals surface area (Å²) in [4.78, 5) is 26.2. The monoisotopic (exact) mass is 392 g/mol. The van der Waals surface area contributed by atoms with Gasteiger partial charge in [-0.25, -0.2) is 0 Å². The highest BCUT2D eigenvalue weighted by molar-refractivity contribution is 7.12. The Morgan fingerprint density at radius 1 is 0.929 bits per heavy atom. The first-order chi connectivity index (χ1) is 13.5. The maximum absolute atomic E-state index is 13.0. The fraction of sp³-hybridized carbons (Fsp3) is 0.217. The maximum Gasteiger partial charge on any atom is 0.262 e. The van der Waals surface area contributed by atoms with Crippen molar-refractivity contribution in [3.63, 3.8) is 0 Å². The van der Waals surface area contributed by atoms with E-state index in [4.69, 9.17) is 0 Å². The second-order valence-electron chi connectivity index (χ2n) is 6.78. The Hall–Kier alpha value is -2.92. The van der Waals surface area contributed by atoms with E-state index in [9.17, 15) is 9.59 Å². The predicted molar refractivity (Wildman–Crippen MR) is 113 cm³/mol. The van der Waals surface area contributed by atoms with E-state index in [1.165, 1.54) is 11.3 Å². The molecule has 1 aromatic heterocycles. The Morgan fingerprint density at radius 3 is 2.32 bits per heavy atom. The highest BCUT2D eigenvalue weighted by Gasteiger charge is 2.24. The third-order valence-corrected chi connectivity index (χ3v) is 5.53. The lowest BCUT2D eigenvalue weighted by molar-refractivity contribution is -0.123. The maximum atomic E-state index is 13.0. The Kier molecular flexibility index (Phi) is 6.61. The van der Waals surface area contributed by atoms with Gasteiger partial charge in [-0.1, -0.05) is 60.7 Å². The molecule has 0 fully saturated rings. The fourth-order valence-corrected chi connectivity index (χ4v) is 3.79. The van der Waals surface area contributed by atoms with Gasteiger partial charge in [0.25, 0.3) is 5.91 Å². The lowest BCUT2D eigenvalue weighted by atomic mass is 10.0. The molecule has 144 valence electrons. The van der Waals surface area contributed by atoms with Crippen LogP contribution in [0.15, 0.2) is 72.1 Å². The van der Waals surface area contributed by atoms with Crippen LogP contribution in [0.25, 0.3) is 0 Å². The number of aryl methyl sites for hydroxylation is 1. The minimum absolute atomic E-state index is 0.148. The lowest BCUT2D eigenvalue weighted by Crippen LogP contribution is -2.48. The summed E-state index contributed by atoms with van der Waals surface area (Å²) < 4.78 is 0. The fourth-order valence-electron chi connectivity index (χ4n) is 3.16. The minimum atomic E-state index is -0.650. The predicted octanol–water partition coefficient (Wildman–Crippen LogP) is 4.28. The van der Waals surface area contributed by atoms with Crippen molar-refractivity contribution in [3.05, 3.63) is 93.7 Å². The van der Waals surface area contributed by atoms with Gasteiger partial charge < -0.3 is 10.6 Å². The number of thiophene rings is 1. The number of rotatable bonds is 7. The van der Waals surface area contributed by atoms with E-state index >= 15 is 0 Å². The largest absolute Gasteiger partial charge is 0.348 e. The Bertz CT molecular complexity index is 923. The van der Waals surface area contributed by atoms with Crippen LogP contribution in [0.1, 0.15) is 39.3 Å². The van der Waals surface area contributed by atoms with Crippen LogP contribution < -0.4 is 10.6 Å². The van der Waals surface area contributed by atoms with Gasteiger partial charge in [-0.15, -0.1) is 11.3 Å². The normalized spacial score (nSPS) is 12.8. The van der Waals surface area contributed by atoms with Crippen molar-refractivity contribution in [2.24, 2.45) is 0 Å². The first kappa shape index (κ1) is 19.8. The van der Waals surface area contributed by atoms with Gasteiger partial charge >= 0.3 is 0 Å². The summed E-state index contributed by atoms with van der Waals surface area (Å²) in [5.41, 5.74) is 3.19. The molecule has 2 atom stereocenters. The van der Waals surface area contributed by atoms with E-state index in [0.717, 1.165) is 16.7 Å². The van der Waals surface area contributed by atoms with E-state index in [2.05, 4.69) is 10.6 Å². The molecule has 5 heteroatoms. The van der Waals surface area contributed by atoms with Gasteiger partial charge in [-0.2, -0.15) is 0 Å². The minimum Gasteiger partial charge on any atom is -0.348 e. The van der Waals surface area contributed by atoms with Gasteiger partial charge in [-0.3, -0.25) is 9.59 Å². The van der Waals surface area contributed by atoms with Gasteiger partial charge in [-0.05, 0) is 42.0 Å².